The Kier molecular flexibility index (Phi) is 3.66. The average molecular weight is 286 g/mol. The van der Waals surface area contributed by atoms with Crippen molar-refractivity contribution in [2.24, 2.45) is 0 Å². The van der Waals surface area contributed by atoms with Crippen molar-refractivity contribution in [1.29, 1.82) is 0 Å². The first-order chi connectivity index (χ1) is 9.63. The highest BCUT2D eigenvalue weighted by atomic mass is 32.2. The molecule has 1 heterocycles. The van der Waals surface area contributed by atoms with E-state index < -0.39 is 0 Å². The largest absolute Gasteiger partial charge is 0.352 e. The zero-order valence-corrected chi connectivity index (χ0v) is 12.5. The van der Waals surface area contributed by atoms with E-state index in [9.17, 15) is 4.79 Å². The summed E-state index contributed by atoms with van der Waals surface area (Å²) >= 11 is 1.53. The molecule has 4 heteroatoms. The Balaban J connectivity index is 1.77. The topological polar surface area (TPSA) is 42.0 Å². The first-order valence-electron chi connectivity index (χ1n) is 6.97. The fourth-order valence-corrected chi connectivity index (χ4v) is 3.09. The average Bonchev–Trinajstić information content (AvgIpc) is 3.22. The molecular formula is C16H18N2OS. The van der Waals surface area contributed by atoms with Gasteiger partial charge in [0.25, 0.3) is 0 Å². The molecule has 3 rings (SSSR count). The van der Waals surface area contributed by atoms with E-state index in [-0.39, 0.29) is 11.2 Å². The van der Waals surface area contributed by atoms with Gasteiger partial charge in [-0.1, -0.05) is 30.0 Å². The molecule has 0 unspecified atom stereocenters. The Morgan fingerprint density at radius 1 is 1.40 bits per heavy atom. The molecule has 1 aromatic heterocycles. The molecule has 1 atom stereocenters. The molecule has 1 fully saturated rings. The van der Waals surface area contributed by atoms with Gasteiger partial charge in [0.2, 0.25) is 5.91 Å². The summed E-state index contributed by atoms with van der Waals surface area (Å²) in [7, 11) is 0. The van der Waals surface area contributed by atoms with Gasteiger partial charge in [-0.2, -0.15) is 0 Å². The third-order valence-corrected chi connectivity index (χ3v) is 4.51. The maximum atomic E-state index is 12.0. The van der Waals surface area contributed by atoms with E-state index in [0.29, 0.717) is 6.04 Å². The van der Waals surface area contributed by atoms with Crippen LogP contribution < -0.4 is 5.32 Å². The lowest BCUT2D eigenvalue weighted by molar-refractivity contribution is -0.120. The van der Waals surface area contributed by atoms with Crippen molar-refractivity contribution in [3.8, 4) is 0 Å². The number of rotatable bonds is 4. The van der Waals surface area contributed by atoms with Crippen LogP contribution >= 0.6 is 11.8 Å². The first-order valence-corrected chi connectivity index (χ1v) is 7.85. The summed E-state index contributed by atoms with van der Waals surface area (Å²) in [6.07, 6.45) is 2.24. The molecule has 1 aliphatic carbocycles. The lowest BCUT2D eigenvalue weighted by Crippen LogP contribution is -2.32. The molecule has 1 saturated carbocycles. The number of nitrogens with one attached hydrogen (secondary N) is 1. The Morgan fingerprint density at radius 3 is 2.90 bits per heavy atom. The van der Waals surface area contributed by atoms with Crippen molar-refractivity contribution in [2.75, 3.05) is 0 Å². The standard InChI is InChI=1S/C16H18N2OS/c1-10-9-15(18-14-6-4-3-5-13(10)14)20-11(2)16(19)17-12-7-8-12/h3-6,9,11-12H,7-8H2,1-2H3,(H,17,19)/t11-/m0/s1. The molecule has 1 N–H and O–H groups in total. The monoisotopic (exact) mass is 286 g/mol. The van der Waals surface area contributed by atoms with Crippen LogP contribution in [-0.4, -0.2) is 22.2 Å². The van der Waals surface area contributed by atoms with E-state index in [1.807, 2.05) is 25.1 Å². The molecule has 3 nitrogen and oxygen atoms in total. The van der Waals surface area contributed by atoms with Crippen LogP contribution in [0, 0.1) is 6.92 Å². The minimum Gasteiger partial charge on any atom is -0.352 e. The second-order valence-corrected chi connectivity index (χ2v) is 6.70. The quantitative estimate of drug-likeness (QED) is 0.877. The summed E-state index contributed by atoms with van der Waals surface area (Å²) in [4.78, 5) is 16.6. The summed E-state index contributed by atoms with van der Waals surface area (Å²) in [5, 5.41) is 5.02. The van der Waals surface area contributed by atoms with Gasteiger partial charge in [0.1, 0.15) is 0 Å². The molecule has 1 aromatic carbocycles. The van der Waals surface area contributed by atoms with Gasteiger partial charge in [-0.3, -0.25) is 4.79 Å². The van der Waals surface area contributed by atoms with Gasteiger partial charge in [-0.05, 0) is 44.4 Å². The highest BCUT2D eigenvalue weighted by Crippen LogP contribution is 2.27. The number of pyridine rings is 1. The lowest BCUT2D eigenvalue weighted by atomic mass is 10.1. The smallest absolute Gasteiger partial charge is 0.233 e. The van der Waals surface area contributed by atoms with Gasteiger partial charge in [-0.15, -0.1) is 0 Å². The zero-order chi connectivity index (χ0) is 14.1. The molecule has 1 amide bonds. The summed E-state index contributed by atoms with van der Waals surface area (Å²) in [5.74, 6) is 0.116. The van der Waals surface area contributed by atoms with Crippen molar-refractivity contribution in [2.45, 2.75) is 43.0 Å². The van der Waals surface area contributed by atoms with Crippen LogP contribution in [0.1, 0.15) is 25.3 Å². The number of carbonyl (C=O) groups excluding carboxylic acids is 1. The van der Waals surface area contributed by atoms with Crippen LogP contribution in [0.25, 0.3) is 10.9 Å². The minimum absolute atomic E-state index is 0.108. The fourth-order valence-electron chi connectivity index (χ4n) is 2.16. The Hall–Kier alpha value is -1.55. The second-order valence-electron chi connectivity index (χ2n) is 5.34. The van der Waals surface area contributed by atoms with Crippen LogP contribution in [0.4, 0.5) is 0 Å². The number of aryl methyl sites for hydroxylation is 1. The van der Waals surface area contributed by atoms with Crippen molar-refractivity contribution in [1.82, 2.24) is 10.3 Å². The van der Waals surface area contributed by atoms with Gasteiger partial charge in [0.15, 0.2) is 0 Å². The van der Waals surface area contributed by atoms with Crippen LogP contribution in [0.15, 0.2) is 35.4 Å². The Labute approximate surface area is 123 Å². The predicted octanol–water partition coefficient (Wildman–Crippen LogP) is 3.30. The SMILES string of the molecule is Cc1cc(S[C@@H](C)C(=O)NC2CC2)nc2ccccc12. The molecule has 1 aliphatic rings. The minimum atomic E-state index is -0.108. The molecule has 0 saturated heterocycles. The van der Waals surface area contributed by atoms with E-state index >= 15 is 0 Å². The van der Waals surface area contributed by atoms with E-state index in [2.05, 4.69) is 29.4 Å². The maximum Gasteiger partial charge on any atom is 0.233 e. The van der Waals surface area contributed by atoms with Crippen LogP contribution in [0.5, 0.6) is 0 Å². The van der Waals surface area contributed by atoms with E-state index in [1.165, 1.54) is 22.7 Å². The number of thioether (sulfide) groups is 1. The maximum absolute atomic E-state index is 12.0. The zero-order valence-electron chi connectivity index (χ0n) is 11.7. The summed E-state index contributed by atoms with van der Waals surface area (Å²) < 4.78 is 0. The van der Waals surface area contributed by atoms with Gasteiger partial charge < -0.3 is 5.32 Å². The molecule has 20 heavy (non-hydrogen) atoms. The highest BCUT2D eigenvalue weighted by molar-refractivity contribution is 8.00. The first kappa shape index (κ1) is 13.4. The number of para-hydroxylation sites is 1. The van der Waals surface area contributed by atoms with E-state index in [4.69, 9.17) is 0 Å². The molecule has 0 bridgehead atoms. The number of amides is 1. The number of nitrogens with zero attached hydrogens (tertiary/aromatic N) is 1. The Morgan fingerprint density at radius 2 is 2.15 bits per heavy atom. The second kappa shape index (κ2) is 5.44. The van der Waals surface area contributed by atoms with Gasteiger partial charge in [0.05, 0.1) is 15.8 Å². The van der Waals surface area contributed by atoms with Crippen LogP contribution in [-0.2, 0) is 4.79 Å². The summed E-state index contributed by atoms with van der Waals surface area (Å²) in [5.41, 5.74) is 2.19. The van der Waals surface area contributed by atoms with Crippen LogP contribution in [0.3, 0.4) is 0 Å². The number of hydrogen-bond acceptors (Lipinski definition) is 3. The number of aromatic nitrogens is 1. The lowest BCUT2D eigenvalue weighted by Gasteiger charge is -2.12. The van der Waals surface area contributed by atoms with E-state index in [1.54, 1.807) is 0 Å². The number of carbonyl (C=O) groups is 1. The van der Waals surface area contributed by atoms with Gasteiger partial charge in [-0.25, -0.2) is 4.98 Å². The Bertz CT molecular complexity index is 652. The number of hydrogen-bond donors (Lipinski definition) is 1. The summed E-state index contributed by atoms with van der Waals surface area (Å²) in [6.45, 7) is 4.03. The van der Waals surface area contributed by atoms with E-state index in [0.717, 1.165) is 23.4 Å². The highest BCUT2D eigenvalue weighted by Gasteiger charge is 2.26. The number of fused-ring (bicyclic) bond motifs is 1. The molecular weight excluding hydrogens is 268 g/mol. The molecule has 0 spiro atoms. The molecule has 0 radical (unpaired) electrons. The molecule has 2 aromatic rings. The van der Waals surface area contributed by atoms with Crippen molar-refractivity contribution < 1.29 is 4.79 Å². The van der Waals surface area contributed by atoms with Gasteiger partial charge >= 0.3 is 0 Å². The van der Waals surface area contributed by atoms with Crippen molar-refractivity contribution >= 4 is 28.6 Å². The molecule has 0 aliphatic heterocycles. The normalized spacial score (nSPS) is 16.1. The third-order valence-electron chi connectivity index (χ3n) is 3.49. The fraction of sp³-hybridized carbons (Fsp3) is 0.375. The molecule has 104 valence electrons. The van der Waals surface area contributed by atoms with Crippen LogP contribution in [0.2, 0.25) is 0 Å². The number of benzene rings is 1. The van der Waals surface area contributed by atoms with Crippen molar-refractivity contribution in [3.63, 3.8) is 0 Å². The predicted molar refractivity (Wildman–Crippen MR) is 83.0 cm³/mol. The van der Waals surface area contributed by atoms with Crippen molar-refractivity contribution in [3.05, 3.63) is 35.9 Å². The van der Waals surface area contributed by atoms with Gasteiger partial charge in [0, 0.05) is 11.4 Å². The summed E-state index contributed by atoms with van der Waals surface area (Å²) in [6, 6.07) is 10.6. The third kappa shape index (κ3) is 2.96.